The monoisotopic (exact) mass is 480 g/mol. The molecule has 1 aliphatic rings. The van der Waals surface area contributed by atoms with Gasteiger partial charge in [0.25, 0.3) is 5.91 Å². The highest BCUT2D eigenvalue weighted by Crippen LogP contribution is 2.20. The second-order valence-electron chi connectivity index (χ2n) is 7.10. The number of carbonyl (C=O) groups excluding carboxylic acids is 3. The average molecular weight is 481 g/mol. The molecule has 1 aromatic carbocycles. The normalized spacial score (nSPS) is 14.4. The fraction of sp³-hybridized carbons (Fsp3) is 0.400. The van der Waals surface area contributed by atoms with Gasteiger partial charge in [-0.2, -0.15) is 0 Å². The van der Waals surface area contributed by atoms with E-state index in [9.17, 15) is 18.8 Å². The van der Waals surface area contributed by atoms with E-state index < -0.39 is 11.7 Å². The van der Waals surface area contributed by atoms with Crippen molar-refractivity contribution in [2.75, 3.05) is 25.0 Å². The van der Waals surface area contributed by atoms with Gasteiger partial charge in [-0.15, -0.1) is 0 Å². The lowest BCUT2D eigenvalue weighted by atomic mass is 9.95. The molecule has 2 N–H and O–H groups in total. The zero-order valence-electron chi connectivity index (χ0n) is 16.4. The molecular weight excluding hydrogens is 459 g/mol. The molecule has 1 saturated heterocycles. The van der Waals surface area contributed by atoms with Gasteiger partial charge >= 0.3 is 0 Å². The average Bonchev–Trinajstić information content (AvgIpc) is 3.14. The highest BCUT2D eigenvalue weighted by molar-refractivity contribution is 9.10. The molecule has 10 heteroatoms. The van der Waals surface area contributed by atoms with Crippen LogP contribution in [0, 0.1) is 18.7 Å². The van der Waals surface area contributed by atoms with E-state index in [4.69, 9.17) is 4.52 Å². The molecule has 30 heavy (non-hydrogen) atoms. The molecule has 0 unspecified atom stereocenters. The molecule has 8 nitrogen and oxygen atoms in total. The minimum absolute atomic E-state index is 0.0976. The van der Waals surface area contributed by atoms with Crippen LogP contribution in [-0.4, -0.2) is 47.4 Å². The number of halogens is 2. The summed E-state index contributed by atoms with van der Waals surface area (Å²) in [6.45, 7) is 2.83. The number of piperidine rings is 1. The van der Waals surface area contributed by atoms with E-state index in [1.807, 2.05) is 0 Å². The maximum atomic E-state index is 13.3. The molecule has 1 aromatic heterocycles. The summed E-state index contributed by atoms with van der Waals surface area (Å²) < 4.78 is 18.7. The topological polar surface area (TPSA) is 105 Å². The molecule has 0 atom stereocenters. The standard InChI is InChI=1S/C20H22BrFN4O4/c1-12-10-17(25-30-12)24-19(28)13-5-8-26(9-6-13)18(27)4-7-23-20(29)15-11-14(22)2-3-16(15)21/h2-3,10-11,13H,4-9H2,1H3,(H,23,29)(H,24,25,28). The Hall–Kier alpha value is -2.75. The number of anilines is 1. The van der Waals surface area contributed by atoms with Gasteiger partial charge in [-0.1, -0.05) is 5.16 Å². The smallest absolute Gasteiger partial charge is 0.252 e. The van der Waals surface area contributed by atoms with E-state index in [1.54, 1.807) is 17.9 Å². The quantitative estimate of drug-likeness (QED) is 0.661. The molecule has 0 spiro atoms. The number of likely N-dealkylation sites (tertiary alicyclic amines) is 1. The van der Waals surface area contributed by atoms with Gasteiger partial charge in [-0.25, -0.2) is 4.39 Å². The molecule has 2 aromatic rings. The van der Waals surface area contributed by atoms with Crippen molar-refractivity contribution in [1.82, 2.24) is 15.4 Å². The molecule has 0 bridgehead atoms. The number of hydrogen-bond donors (Lipinski definition) is 2. The summed E-state index contributed by atoms with van der Waals surface area (Å²) in [7, 11) is 0. The Morgan fingerprint density at radius 2 is 2.00 bits per heavy atom. The lowest BCUT2D eigenvalue weighted by Crippen LogP contribution is -2.42. The fourth-order valence-corrected chi connectivity index (χ4v) is 3.68. The predicted octanol–water partition coefficient (Wildman–Crippen LogP) is 2.88. The minimum atomic E-state index is -0.509. The predicted molar refractivity (Wildman–Crippen MR) is 110 cm³/mol. The summed E-state index contributed by atoms with van der Waals surface area (Å²) in [6, 6.07) is 5.49. The van der Waals surface area contributed by atoms with Crippen molar-refractivity contribution < 1.29 is 23.3 Å². The molecule has 3 rings (SSSR count). The summed E-state index contributed by atoms with van der Waals surface area (Å²) in [5, 5.41) is 9.10. The molecule has 160 valence electrons. The van der Waals surface area contributed by atoms with Gasteiger partial charge < -0.3 is 20.1 Å². The van der Waals surface area contributed by atoms with Gasteiger partial charge in [0.05, 0.1) is 5.56 Å². The molecule has 0 radical (unpaired) electrons. The number of aromatic nitrogens is 1. The Labute approximate surface area is 181 Å². The third-order valence-corrected chi connectivity index (χ3v) is 5.59. The summed E-state index contributed by atoms with van der Waals surface area (Å²) in [6.07, 6.45) is 1.24. The summed E-state index contributed by atoms with van der Waals surface area (Å²) >= 11 is 3.21. The third-order valence-electron chi connectivity index (χ3n) is 4.90. The zero-order valence-corrected chi connectivity index (χ0v) is 18.0. The van der Waals surface area contributed by atoms with Crippen LogP contribution < -0.4 is 10.6 Å². The van der Waals surface area contributed by atoms with Crippen molar-refractivity contribution >= 4 is 39.5 Å². The van der Waals surface area contributed by atoms with E-state index in [2.05, 4.69) is 31.7 Å². The van der Waals surface area contributed by atoms with Crippen LogP contribution in [0.2, 0.25) is 0 Å². The first-order valence-electron chi connectivity index (χ1n) is 9.58. The van der Waals surface area contributed by atoms with Gasteiger partial charge in [-0.05, 0) is 53.9 Å². The van der Waals surface area contributed by atoms with Gasteiger partial charge in [0.15, 0.2) is 5.82 Å². The first kappa shape index (κ1) is 21.9. The zero-order chi connectivity index (χ0) is 21.7. The van der Waals surface area contributed by atoms with Crippen molar-refractivity contribution in [3.63, 3.8) is 0 Å². The van der Waals surface area contributed by atoms with E-state index in [1.165, 1.54) is 12.1 Å². The Kier molecular flexibility index (Phi) is 7.20. The van der Waals surface area contributed by atoms with Crippen LogP contribution in [0.15, 0.2) is 33.3 Å². The van der Waals surface area contributed by atoms with Crippen LogP contribution in [-0.2, 0) is 9.59 Å². The maximum Gasteiger partial charge on any atom is 0.252 e. The van der Waals surface area contributed by atoms with Crippen molar-refractivity contribution in [1.29, 1.82) is 0 Å². The molecule has 3 amide bonds. The lowest BCUT2D eigenvalue weighted by Gasteiger charge is -2.31. The van der Waals surface area contributed by atoms with Crippen LogP contribution in [0.25, 0.3) is 0 Å². The van der Waals surface area contributed by atoms with E-state index >= 15 is 0 Å². The van der Waals surface area contributed by atoms with Gasteiger partial charge in [0.2, 0.25) is 11.8 Å². The van der Waals surface area contributed by atoms with Crippen molar-refractivity contribution in [2.45, 2.75) is 26.2 Å². The number of nitrogens with one attached hydrogen (secondary N) is 2. The Balaban J connectivity index is 1.40. The SMILES string of the molecule is Cc1cc(NC(=O)C2CCN(C(=O)CCNC(=O)c3cc(F)ccc3Br)CC2)no1. The molecule has 1 aliphatic heterocycles. The second-order valence-corrected chi connectivity index (χ2v) is 7.95. The van der Waals surface area contributed by atoms with E-state index in [0.717, 1.165) is 6.07 Å². The van der Waals surface area contributed by atoms with Gasteiger partial charge in [-0.3, -0.25) is 14.4 Å². The van der Waals surface area contributed by atoms with Crippen molar-refractivity contribution in [2.24, 2.45) is 5.92 Å². The highest BCUT2D eigenvalue weighted by Gasteiger charge is 2.27. The number of hydrogen-bond acceptors (Lipinski definition) is 5. The number of amides is 3. The molecule has 0 aliphatic carbocycles. The van der Waals surface area contributed by atoms with Gasteiger partial charge in [0.1, 0.15) is 11.6 Å². The number of nitrogens with zero attached hydrogens (tertiary/aromatic N) is 2. The first-order chi connectivity index (χ1) is 14.3. The Morgan fingerprint density at radius 3 is 2.67 bits per heavy atom. The van der Waals surface area contributed by atoms with E-state index in [-0.39, 0.29) is 36.3 Å². The molecular formula is C20H22BrFN4O4. The van der Waals surface area contributed by atoms with Crippen LogP contribution in [0.3, 0.4) is 0 Å². The van der Waals surface area contributed by atoms with Crippen LogP contribution >= 0.6 is 15.9 Å². The lowest BCUT2D eigenvalue weighted by molar-refractivity contribution is -0.134. The van der Waals surface area contributed by atoms with E-state index in [0.29, 0.717) is 42.0 Å². The maximum absolute atomic E-state index is 13.3. The fourth-order valence-electron chi connectivity index (χ4n) is 3.25. The largest absolute Gasteiger partial charge is 0.360 e. The molecule has 0 saturated carbocycles. The van der Waals surface area contributed by atoms with Crippen molar-refractivity contribution in [3.05, 3.63) is 45.9 Å². The van der Waals surface area contributed by atoms with Crippen LogP contribution in [0.4, 0.5) is 10.2 Å². The number of aryl methyl sites for hydroxylation is 1. The third kappa shape index (κ3) is 5.65. The molecule has 1 fully saturated rings. The Morgan fingerprint density at radius 1 is 1.27 bits per heavy atom. The molecule has 2 heterocycles. The van der Waals surface area contributed by atoms with Crippen LogP contribution in [0.5, 0.6) is 0 Å². The van der Waals surface area contributed by atoms with Crippen LogP contribution in [0.1, 0.15) is 35.4 Å². The summed E-state index contributed by atoms with van der Waals surface area (Å²) in [5.74, 6) is -0.393. The minimum Gasteiger partial charge on any atom is -0.360 e. The second kappa shape index (κ2) is 9.84. The van der Waals surface area contributed by atoms with Gasteiger partial charge in [0, 0.05) is 42.5 Å². The highest BCUT2D eigenvalue weighted by atomic mass is 79.9. The summed E-state index contributed by atoms with van der Waals surface area (Å²) in [4.78, 5) is 38.5. The number of rotatable bonds is 6. The first-order valence-corrected chi connectivity index (χ1v) is 10.4. The number of benzene rings is 1. The summed E-state index contributed by atoms with van der Waals surface area (Å²) in [5.41, 5.74) is 0.177. The van der Waals surface area contributed by atoms with Crippen molar-refractivity contribution in [3.8, 4) is 0 Å². The Bertz CT molecular complexity index is 941. The number of carbonyl (C=O) groups is 3.